The number of alkyl halides is 2. The molecule has 1 unspecified atom stereocenters. The summed E-state index contributed by atoms with van der Waals surface area (Å²) in [5.41, 5.74) is 3.04. The van der Waals surface area contributed by atoms with Gasteiger partial charge in [0.2, 0.25) is 17.7 Å². The number of amides is 1. The highest BCUT2D eigenvalue weighted by atomic mass is 35.5. The fourth-order valence-electron chi connectivity index (χ4n) is 7.09. The van der Waals surface area contributed by atoms with Gasteiger partial charge in [0, 0.05) is 56.1 Å². The van der Waals surface area contributed by atoms with Crippen molar-refractivity contribution in [3.63, 3.8) is 0 Å². The molecule has 2 aliphatic carbocycles. The Kier molecular flexibility index (Phi) is 7.41. The number of piperazine rings is 1. The number of rotatable bonds is 6. The zero-order valence-electron chi connectivity index (χ0n) is 25.3. The quantitative estimate of drug-likeness (QED) is 0.297. The standard InChI is InChI=1S/C31H35ClF2N8O3/c1-16-4-6-19(7-5-16)15-41-26-23(9-24(27-38-30(44)45-39-27)36-25(26)20-8-21(32)12-35-11-20)37-29(41)42-17(2)13-40(14-18(42)3)28(43)22-10-31(22,33)34/h8-9,11-12,16-19,22H,4-7,10,13-15H2,1-3H3,(H,38,39,44)/t16?,17-,18-,19?,22?/m1/s1. The van der Waals surface area contributed by atoms with Crippen molar-refractivity contribution in [2.75, 3.05) is 18.0 Å². The average molecular weight is 641 g/mol. The maximum absolute atomic E-state index is 13.8. The molecule has 45 heavy (non-hydrogen) atoms. The molecule has 4 aromatic rings. The summed E-state index contributed by atoms with van der Waals surface area (Å²) in [5.74, 6) is -3.31. The van der Waals surface area contributed by atoms with Gasteiger partial charge in [-0.25, -0.2) is 23.5 Å². The Bertz CT molecular complexity index is 1800. The number of nitrogens with one attached hydrogen (secondary N) is 1. The van der Waals surface area contributed by atoms with Crippen LogP contribution in [0.15, 0.2) is 33.8 Å². The number of halogens is 3. The lowest BCUT2D eigenvalue weighted by atomic mass is 9.83. The number of carbonyl (C=O) groups is 1. The van der Waals surface area contributed by atoms with Crippen LogP contribution in [-0.4, -0.2) is 71.6 Å². The summed E-state index contributed by atoms with van der Waals surface area (Å²) >= 11 is 6.39. The van der Waals surface area contributed by atoms with Crippen molar-refractivity contribution in [2.24, 2.45) is 17.8 Å². The van der Waals surface area contributed by atoms with Crippen molar-refractivity contribution in [1.82, 2.24) is 34.6 Å². The number of imidazole rings is 1. The number of hydrogen-bond donors (Lipinski definition) is 1. The first-order valence-corrected chi connectivity index (χ1v) is 15.9. The van der Waals surface area contributed by atoms with Crippen molar-refractivity contribution in [2.45, 2.75) is 77.4 Å². The highest BCUT2D eigenvalue weighted by molar-refractivity contribution is 6.30. The molecule has 11 nitrogen and oxygen atoms in total. The lowest BCUT2D eigenvalue weighted by Crippen LogP contribution is -2.59. The number of pyridine rings is 2. The van der Waals surface area contributed by atoms with Gasteiger partial charge in [-0.05, 0) is 50.7 Å². The fourth-order valence-corrected chi connectivity index (χ4v) is 7.26. The zero-order chi connectivity index (χ0) is 31.6. The predicted molar refractivity (Wildman–Crippen MR) is 164 cm³/mol. The van der Waals surface area contributed by atoms with Gasteiger partial charge in [-0.15, -0.1) is 0 Å². The molecule has 0 spiro atoms. The van der Waals surface area contributed by atoms with Crippen LogP contribution in [0.5, 0.6) is 0 Å². The number of nitrogens with zero attached hydrogens (tertiary/aromatic N) is 7. The average Bonchev–Trinajstić information content (AvgIpc) is 3.26. The molecule has 4 aromatic heterocycles. The predicted octanol–water partition coefficient (Wildman–Crippen LogP) is 5.40. The molecule has 1 saturated heterocycles. The van der Waals surface area contributed by atoms with Gasteiger partial charge < -0.3 is 14.4 Å². The molecule has 7 rings (SSSR count). The van der Waals surface area contributed by atoms with Gasteiger partial charge >= 0.3 is 5.76 Å². The summed E-state index contributed by atoms with van der Waals surface area (Å²) in [7, 11) is 0. The van der Waals surface area contributed by atoms with Crippen molar-refractivity contribution < 1.29 is 18.1 Å². The second-order valence-electron chi connectivity index (χ2n) is 13.1. The Hall–Kier alpha value is -3.87. The van der Waals surface area contributed by atoms with Crippen molar-refractivity contribution in [3.05, 3.63) is 40.1 Å². The lowest BCUT2D eigenvalue weighted by molar-refractivity contribution is -0.136. The summed E-state index contributed by atoms with van der Waals surface area (Å²) < 4.78 is 34.6. The fraction of sp³-hybridized carbons (Fsp3) is 0.548. The van der Waals surface area contributed by atoms with Crippen molar-refractivity contribution in [1.29, 1.82) is 0 Å². The van der Waals surface area contributed by atoms with Gasteiger partial charge in [0.25, 0.3) is 5.92 Å². The minimum Gasteiger partial charge on any atom is -0.338 e. The molecule has 238 valence electrons. The second-order valence-corrected chi connectivity index (χ2v) is 13.5. The first kappa shape index (κ1) is 29.8. The number of H-pyrrole nitrogens is 1. The summed E-state index contributed by atoms with van der Waals surface area (Å²) in [5, 5.41) is 4.30. The van der Waals surface area contributed by atoms with E-state index in [1.165, 1.54) is 0 Å². The number of anilines is 1. The third-order valence-corrected chi connectivity index (χ3v) is 9.73. The van der Waals surface area contributed by atoms with E-state index in [1.807, 2.05) is 13.8 Å². The number of hydrogen-bond acceptors (Lipinski definition) is 8. The van der Waals surface area contributed by atoms with Crippen molar-refractivity contribution in [3.8, 4) is 22.8 Å². The second kappa shape index (κ2) is 11.2. The molecule has 5 heterocycles. The van der Waals surface area contributed by atoms with Crippen LogP contribution in [0.1, 0.15) is 52.9 Å². The highest BCUT2D eigenvalue weighted by Crippen LogP contribution is 2.50. The summed E-state index contributed by atoms with van der Waals surface area (Å²) in [6.07, 6.45) is 7.34. The Morgan fingerprint density at radius 2 is 1.80 bits per heavy atom. The SMILES string of the molecule is CC1CCC(Cn2c(N3[C@H](C)CN(C(=O)C4CC4(F)F)C[C@H]3C)nc3cc(-c4noc(=O)[nH]4)nc(-c4cncc(Cl)c4)c32)CC1. The molecule has 1 amide bonds. The largest absolute Gasteiger partial charge is 0.439 e. The van der Waals surface area contributed by atoms with Gasteiger partial charge in [-0.3, -0.25) is 19.3 Å². The number of fused-ring (bicyclic) bond motifs is 1. The Morgan fingerprint density at radius 3 is 2.42 bits per heavy atom. The smallest absolute Gasteiger partial charge is 0.338 e. The van der Waals surface area contributed by atoms with E-state index in [1.54, 1.807) is 29.4 Å². The van der Waals surface area contributed by atoms with E-state index >= 15 is 0 Å². The molecule has 14 heteroatoms. The number of aromatic nitrogens is 6. The Balaban J connectivity index is 1.36. The lowest BCUT2D eigenvalue weighted by Gasteiger charge is -2.45. The number of carbonyl (C=O) groups excluding carboxylic acids is 1. The van der Waals surface area contributed by atoms with E-state index in [0.717, 1.165) is 37.1 Å². The summed E-state index contributed by atoms with van der Waals surface area (Å²) in [6, 6.07) is 3.18. The van der Waals surface area contributed by atoms with Gasteiger partial charge in [0.05, 0.1) is 21.7 Å². The molecule has 0 aromatic carbocycles. The first-order valence-electron chi connectivity index (χ1n) is 15.5. The van der Waals surface area contributed by atoms with Crippen LogP contribution in [0.25, 0.3) is 33.8 Å². The Morgan fingerprint density at radius 1 is 1.09 bits per heavy atom. The van der Waals surface area contributed by atoms with Gasteiger partial charge in [-0.1, -0.05) is 36.5 Å². The van der Waals surface area contributed by atoms with Crippen LogP contribution in [0.3, 0.4) is 0 Å². The van der Waals surface area contributed by atoms with Crippen LogP contribution in [0.2, 0.25) is 5.02 Å². The van der Waals surface area contributed by atoms with E-state index in [9.17, 15) is 18.4 Å². The monoisotopic (exact) mass is 640 g/mol. The number of aromatic amines is 1. The van der Waals surface area contributed by atoms with Crippen LogP contribution in [-0.2, 0) is 11.3 Å². The topological polar surface area (TPSA) is 126 Å². The van der Waals surface area contributed by atoms with Crippen molar-refractivity contribution >= 4 is 34.5 Å². The van der Waals surface area contributed by atoms with Gasteiger partial charge in [-0.2, -0.15) is 0 Å². The van der Waals surface area contributed by atoms with Crippen LogP contribution in [0.4, 0.5) is 14.7 Å². The molecular formula is C31H35ClF2N8O3. The van der Waals surface area contributed by atoms with E-state index in [-0.39, 0.29) is 24.3 Å². The van der Waals surface area contributed by atoms with Crippen LogP contribution < -0.4 is 10.7 Å². The van der Waals surface area contributed by atoms with E-state index < -0.39 is 23.5 Å². The van der Waals surface area contributed by atoms with E-state index in [2.05, 4.69) is 31.5 Å². The molecule has 3 aliphatic rings. The molecule has 0 radical (unpaired) electrons. The minimum atomic E-state index is -2.91. The molecule has 3 atom stereocenters. The summed E-state index contributed by atoms with van der Waals surface area (Å²) in [6.45, 7) is 7.62. The first-order chi connectivity index (χ1) is 21.5. The molecule has 1 N–H and O–H groups in total. The Labute approximate surface area is 263 Å². The highest BCUT2D eigenvalue weighted by Gasteiger charge is 2.62. The zero-order valence-corrected chi connectivity index (χ0v) is 26.1. The van der Waals surface area contributed by atoms with E-state index in [0.29, 0.717) is 59.0 Å². The van der Waals surface area contributed by atoms with Crippen LogP contribution >= 0.6 is 11.6 Å². The molecule has 2 saturated carbocycles. The third-order valence-electron chi connectivity index (χ3n) is 9.53. The minimum absolute atomic E-state index is 0.168. The maximum atomic E-state index is 13.8. The third kappa shape index (κ3) is 5.59. The summed E-state index contributed by atoms with van der Waals surface area (Å²) in [4.78, 5) is 45.6. The molecule has 3 fully saturated rings. The van der Waals surface area contributed by atoms with Crippen LogP contribution in [0, 0.1) is 17.8 Å². The molecule has 0 bridgehead atoms. The van der Waals surface area contributed by atoms with Gasteiger partial charge in [0.1, 0.15) is 11.6 Å². The molecular weight excluding hydrogens is 606 g/mol. The van der Waals surface area contributed by atoms with E-state index in [4.69, 9.17) is 26.1 Å². The normalized spacial score (nSPS) is 26.4. The molecule has 1 aliphatic heterocycles. The van der Waals surface area contributed by atoms with Gasteiger partial charge in [0.15, 0.2) is 0 Å². The maximum Gasteiger partial charge on any atom is 0.439 e.